The minimum absolute atomic E-state index is 0.0679. The van der Waals surface area contributed by atoms with Gasteiger partial charge in [-0.1, -0.05) is 0 Å². The second-order valence-electron chi connectivity index (χ2n) is 3.23. The van der Waals surface area contributed by atoms with Crippen LogP contribution < -0.4 is 0 Å². The van der Waals surface area contributed by atoms with E-state index < -0.39 is 30.4 Å². The molecule has 0 spiro atoms. The molecule has 0 saturated heterocycles. The maximum atomic E-state index is 11.5. The molecule has 0 aliphatic carbocycles. The van der Waals surface area contributed by atoms with Gasteiger partial charge in [-0.25, -0.2) is 8.42 Å². The first kappa shape index (κ1) is 11.6. The molecule has 1 aliphatic rings. The summed E-state index contributed by atoms with van der Waals surface area (Å²) < 4.78 is 22.9. The summed E-state index contributed by atoms with van der Waals surface area (Å²) in [4.78, 5) is 19.0. The van der Waals surface area contributed by atoms with Crippen molar-refractivity contribution in [3.8, 4) is 0 Å². The summed E-state index contributed by atoms with van der Waals surface area (Å²) in [5.41, 5.74) is -0.136. The molecule has 1 rings (SSSR count). The fraction of sp³-hybridized carbons (Fsp3) is 0.667. The van der Waals surface area contributed by atoms with Crippen LogP contribution >= 0.6 is 0 Å². The quantitative estimate of drug-likeness (QED) is 0.376. The normalized spacial score (nSPS) is 29.2. The lowest BCUT2D eigenvalue weighted by Crippen LogP contribution is -2.35. The molecule has 15 heavy (non-hydrogen) atoms. The predicted molar refractivity (Wildman–Crippen MR) is 48.9 cm³/mol. The molecule has 2 atom stereocenters. The summed E-state index contributed by atoms with van der Waals surface area (Å²) in [6.07, 6.45) is 0. The zero-order chi connectivity index (χ0) is 12.0. The van der Waals surface area contributed by atoms with Crippen LogP contribution in [-0.4, -0.2) is 29.0 Å². The molecule has 0 aromatic carbocycles. The van der Waals surface area contributed by atoms with Crippen LogP contribution in [0.1, 0.15) is 13.8 Å². The van der Waals surface area contributed by atoms with Crippen molar-refractivity contribution in [2.45, 2.75) is 24.6 Å². The van der Waals surface area contributed by atoms with Crippen LogP contribution in [0.5, 0.6) is 0 Å². The van der Waals surface area contributed by atoms with Gasteiger partial charge in [-0.15, -0.1) is 0 Å². The number of hydrogen-bond acceptors (Lipinski definition) is 6. The van der Waals surface area contributed by atoms with Gasteiger partial charge in [0.1, 0.15) is 0 Å². The fourth-order valence-corrected chi connectivity index (χ4v) is 3.64. The number of sulfone groups is 1. The van der Waals surface area contributed by atoms with E-state index in [9.17, 15) is 28.6 Å². The van der Waals surface area contributed by atoms with Crippen molar-refractivity contribution in [3.63, 3.8) is 0 Å². The van der Waals surface area contributed by atoms with Gasteiger partial charge in [0, 0.05) is 21.0 Å². The molecule has 84 valence electrons. The highest BCUT2D eigenvalue weighted by atomic mass is 32.2. The van der Waals surface area contributed by atoms with Crippen LogP contribution in [0.4, 0.5) is 0 Å². The molecule has 8 nitrogen and oxygen atoms in total. The molecule has 9 heteroatoms. The van der Waals surface area contributed by atoms with E-state index in [4.69, 9.17) is 0 Å². The van der Waals surface area contributed by atoms with Gasteiger partial charge in [0.15, 0.2) is 0 Å². The first-order chi connectivity index (χ1) is 6.71. The molecule has 0 amide bonds. The third-order valence-corrected chi connectivity index (χ3v) is 4.66. The lowest BCUT2D eigenvalue weighted by Gasteiger charge is -2.03. The lowest BCUT2D eigenvalue weighted by molar-refractivity contribution is -0.496. The van der Waals surface area contributed by atoms with E-state index in [1.165, 1.54) is 13.8 Å². The first-order valence-corrected chi connectivity index (χ1v) is 5.49. The zero-order valence-electron chi connectivity index (χ0n) is 7.91. The topological polar surface area (TPSA) is 120 Å². The predicted octanol–water partition coefficient (Wildman–Crippen LogP) is -0.0432. The van der Waals surface area contributed by atoms with Crippen LogP contribution in [0.25, 0.3) is 0 Å². The van der Waals surface area contributed by atoms with Crippen molar-refractivity contribution in [2.24, 2.45) is 0 Å². The number of rotatable bonds is 2. The van der Waals surface area contributed by atoms with Crippen LogP contribution in [0, 0.1) is 20.2 Å². The highest BCUT2D eigenvalue weighted by Crippen LogP contribution is 2.33. The van der Waals surface area contributed by atoms with Gasteiger partial charge in [0.2, 0.25) is 0 Å². The number of nitro groups is 2. The minimum Gasteiger partial charge on any atom is -0.263 e. The fourth-order valence-electron chi connectivity index (χ4n) is 1.56. The Kier molecular flexibility index (Phi) is 2.51. The van der Waals surface area contributed by atoms with E-state index in [0.717, 1.165) is 0 Å². The Balaban J connectivity index is 3.42. The van der Waals surface area contributed by atoms with Gasteiger partial charge in [-0.05, 0) is 13.8 Å². The average molecular weight is 236 g/mol. The van der Waals surface area contributed by atoms with Crippen LogP contribution in [0.15, 0.2) is 11.1 Å². The molecular weight excluding hydrogens is 228 g/mol. The Morgan fingerprint density at radius 1 is 1.00 bits per heavy atom. The van der Waals surface area contributed by atoms with Crippen molar-refractivity contribution in [1.82, 2.24) is 0 Å². The van der Waals surface area contributed by atoms with Crippen molar-refractivity contribution < 1.29 is 18.3 Å². The zero-order valence-corrected chi connectivity index (χ0v) is 8.72. The Labute approximate surface area is 84.8 Å². The van der Waals surface area contributed by atoms with Crippen molar-refractivity contribution in [1.29, 1.82) is 0 Å². The number of nitrogens with zero attached hydrogens (tertiary/aromatic N) is 2. The summed E-state index contributed by atoms with van der Waals surface area (Å²) in [5.74, 6) is 0. The first-order valence-electron chi connectivity index (χ1n) is 3.88. The average Bonchev–Trinajstić information content (AvgIpc) is 2.17. The summed E-state index contributed by atoms with van der Waals surface area (Å²) in [5, 5.41) is 17.1. The van der Waals surface area contributed by atoms with Gasteiger partial charge in [0.25, 0.3) is 9.84 Å². The van der Waals surface area contributed by atoms with Gasteiger partial charge in [-0.3, -0.25) is 20.2 Å². The maximum absolute atomic E-state index is 11.5. The molecule has 0 saturated carbocycles. The standard InChI is InChI=1S/C6H8N2O6S/c1-3-4(2)6(8(11)12)15(13,14)5(3)7(9)10/h5-6H,1-2H3. The molecule has 0 fully saturated rings. The Morgan fingerprint density at radius 2 is 1.27 bits per heavy atom. The number of hydrogen-bond donors (Lipinski definition) is 0. The Morgan fingerprint density at radius 3 is 1.40 bits per heavy atom. The molecule has 0 aromatic rings. The van der Waals surface area contributed by atoms with Gasteiger partial charge >= 0.3 is 10.7 Å². The smallest absolute Gasteiger partial charge is 0.263 e. The molecule has 0 radical (unpaired) electrons. The molecule has 1 heterocycles. The highest BCUT2D eigenvalue weighted by Gasteiger charge is 2.58. The molecule has 1 aliphatic heterocycles. The van der Waals surface area contributed by atoms with Gasteiger partial charge in [-0.2, -0.15) is 0 Å². The van der Waals surface area contributed by atoms with E-state index in [1.54, 1.807) is 0 Å². The van der Waals surface area contributed by atoms with Gasteiger partial charge in [0.05, 0.1) is 0 Å². The molecule has 2 unspecified atom stereocenters. The van der Waals surface area contributed by atoms with E-state index in [0.29, 0.717) is 0 Å². The van der Waals surface area contributed by atoms with E-state index in [-0.39, 0.29) is 11.1 Å². The van der Waals surface area contributed by atoms with E-state index >= 15 is 0 Å². The van der Waals surface area contributed by atoms with Gasteiger partial charge < -0.3 is 0 Å². The van der Waals surface area contributed by atoms with Crippen LogP contribution in [0.2, 0.25) is 0 Å². The third kappa shape index (κ3) is 1.48. The third-order valence-electron chi connectivity index (χ3n) is 2.37. The maximum Gasteiger partial charge on any atom is 0.339 e. The second kappa shape index (κ2) is 3.26. The van der Waals surface area contributed by atoms with E-state index in [1.807, 2.05) is 0 Å². The minimum atomic E-state index is -4.40. The van der Waals surface area contributed by atoms with Crippen molar-refractivity contribution in [3.05, 3.63) is 31.4 Å². The Hall–Kier alpha value is -1.51. The van der Waals surface area contributed by atoms with Crippen LogP contribution in [0.3, 0.4) is 0 Å². The lowest BCUT2D eigenvalue weighted by atomic mass is 10.1. The van der Waals surface area contributed by atoms with Crippen molar-refractivity contribution >= 4 is 9.84 Å². The van der Waals surface area contributed by atoms with E-state index in [2.05, 4.69) is 0 Å². The largest absolute Gasteiger partial charge is 0.339 e. The molecule has 0 N–H and O–H groups in total. The summed E-state index contributed by atoms with van der Waals surface area (Å²) in [6, 6.07) is 0. The highest BCUT2D eigenvalue weighted by molar-refractivity contribution is 7.92. The molecule has 0 aromatic heterocycles. The molecule has 0 bridgehead atoms. The molecular formula is C6H8N2O6S. The van der Waals surface area contributed by atoms with Crippen molar-refractivity contribution in [2.75, 3.05) is 0 Å². The summed E-state index contributed by atoms with van der Waals surface area (Å²) in [6.45, 7) is 2.45. The SMILES string of the molecule is CC1=C(C)C([N+](=O)[O-])S(=O)(=O)C1[N+](=O)[O-]. The monoisotopic (exact) mass is 236 g/mol. The Bertz CT molecular complexity index is 428. The summed E-state index contributed by atoms with van der Waals surface area (Å²) in [7, 11) is -4.40. The second-order valence-corrected chi connectivity index (χ2v) is 5.30. The summed E-state index contributed by atoms with van der Waals surface area (Å²) >= 11 is 0. The van der Waals surface area contributed by atoms with Crippen LogP contribution in [-0.2, 0) is 9.84 Å².